The SMILES string of the molecule is Cc1ccnc(Nc2cccc(C3=CNC(N4CCC(C(=O)Cl)C4)S3)n2)c1. The number of nitrogens with zero attached hydrogens (tertiary/aromatic N) is 3. The Morgan fingerprint density at radius 2 is 2.26 bits per heavy atom. The van der Waals surface area contributed by atoms with Crippen molar-refractivity contribution in [1.29, 1.82) is 0 Å². The molecule has 0 spiro atoms. The van der Waals surface area contributed by atoms with Crippen LogP contribution in [0.4, 0.5) is 11.6 Å². The normalized spacial score (nSPS) is 22.4. The van der Waals surface area contributed by atoms with E-state index in [9.17, 15) is 4.79 Å². The number of thioether (sulfide) groups is 1. The van der Waals surface area contributed by atoms with Crippen molar-refractivity contribution in [2.24, 2.45) is 5.92 Å². The lowest BCUT2D eigenvalue weighted by atomic mass is 10.1. The number of halogens is 1. The minimum Gasteiger partial charge on any atom is -0.366 e. The Bertz CT molecular complexity index is 890. The average molecular weight is 402 g/mol. The number of likely N-dealkylation sites (tertiary alicyclic amines) is 1. The van der Waals surface area contributed by atoms with Gasteiger partial charge >= 0.3 is 0 Å². The molecule has 140 valence electrons. The van der Waals surface area contributed by atoms with E-state index in [0.29, 0.717) is 6.54 Å². The molecule has 8 heteroatoms. The summed E-state index contributed by atoms with van der Waals surface area (Å²) < 4.78 is 0. The topological polar surface area (TPSA) is 70.2 Å². The van der Waals surface area contributed by atoms with Gasteiger partial charge in [-0.2, -0.15) is 0 Å². The highest BCUT2D eigenvalue weighted by atomic mass is 35.5. The van der Waals surface area contributed by atoms with Gasteiger partial charge in [-0.15, -0.1) is 0 Å². The molecule has 1 saturated heterocycles. The first-order valence-electron chi connectivity index (χ1n) is 8.82. The van der Waals surface area contributed by atoms with Crippen LogP contribution >= 0.6 is 23.4 Å². The van der Waals surface area contributed by atoms with Gasteiger partial charge in [-0.3, -0.25) is 9.69 Å². The summed E-state index contributed by atoms with van der Waals surface area (Å²) >= 11 is 7.35. The molecule has 1 fully saturated rings. The number of carbonyl (C=O) groups excluding carboxylic acids is 1. The van der Waals surface area contributed by atoms with Gasteiger partial charge in [-0.1, -0.05) is 17.8 Å². The fourth-order valence-corrected chi connectivity index (χ4v) is 4.48. The van der Waals surface area contributed by atoms with Gasteiger partial charge in [-0.25, -0.2) is 9.97 Å². The van der Waals surface area contributed by atoms with Crippen LogP contribution in [0.5, 0.6) is 0 Å². The summed E-state index contributed by atoms with van der Waals surface area (Å²) in [5.74, 6) is 1.47. The van der Waals surface area contributed by atoms with E-state index in [4.69, 9.17) is 16.6 Å². The van der Waals surface area contributed by atoms with E-state index >= 15 is 0 Å². The maximum atomic E-state index is 11.4. The monoisotopic (exact) mass is 401 g/mol. The van der Waals surface area contributed by atoms with Crippen LogP contribution in [0.1, 0.15) is 17.7 Å². The minimum absolute atomic E-state index is 0.0643. The van der Waals surface area contributed by atoms with E-state index in [1.165, 1.54) is 0 Å². The number of nitrogens with one attached hydrogen (secondary N) is 2. The molecule has 2 unspecified atom stereocenters. The van der Waals surface area contributed by atoms with E-state index in [1.54, 1.807) is 18.0 Å². The van der Waals surface area contributed by atoms with Crippen molar-refractivity contribution < 1.29 is 4.79 Å². The molecule has 0 aliphatic carbocycles. The molecule has 27 heavy (non-hydrogen) atoms. The highest BCUT2D eigenvalue weighted by Gasteiger charge is 2.34. The van der Waals surface area contributed by atoms with E-state index in [2.05, 4.69) is 20.5 Å². The molecule has 0 bridgehead atoms. The zero-order chi connectivity index (χ0) is 18.8. The molecule has 4 heterocycles. The number of carbonyl (C=O) groups is 1. The summed E-state index contributed by atoms with van der Waals surface area (Å²) in [5.41, 5.74) is 2.15. The van der Waals surface area contributed by atoms with Gasteiger partial charge in [0.25, 0.3) is 0 Å². The molecule has 6 nitrogen and oxygen atoms in total. The molecular formula is C19H20ClN5OS. The van der Waals surface area contributed by atoms with Crippen LogP contribution in [0.2, 0.25) is 0 Å². The highest BCUT2D eigenvalue weighted by molar-refractivity contribution is 8.09. The summed E-state index contributed by atoms with van der Waals surface area (Å²) in [6.45, 7) is 3.59. The zero-order valence-corrected chi connectivity index (χ0v) is 16.4. The van der Waals surface area contributed by atoms with Gasteiger partial charge in [0, 0.05) is 31.4 Å². The summed E-state index contributed by atoms with van der Waals surface area (Å²) in [6, 6.07) is 9.84. The van der Waals surface area contributed by atoms with E-state index in [-0.39, 0.29) is 16.7 Å². The molecule has 2 aromatic rings. The summed E-state index contributed by atoms with van der Waals surface area (Å²) in [6.07, 6.45) is 4.58. The Morgan fingerprint density at radius 1 is 1.37 bits per heavy atom. The van der Waals surface area contributed by atoms with Gasteiger partial charge in [0.2, 0.25) is 5.24 Å². The van der Waals surface area contributed by atoms with Crippen molar-refractivity contribution in [2.45, 2.75) is 18.8 Å². The third-order valence-electron chi connectivity index (χ3n) is 4.64. The highest BCUT2D eigenvalue weighted by Crippen LogP contribution is 2.37. The van der Waals surface area contributed by atoms with Crippen LogP contribution in [-0.2, 0) is 4.79 Å². The molecule has 0 amide bonds. The predicted octanol–water partition coefficient (Wildman–Crippen LogP) is 3.53. The maximum absolute atomic E-state index is 11.4. The van der Waals surface area contributed by atoms with E-state index < -0.39 is 0 Å². The van der Waals surface area contributed by atoms with Crippen molar-refractivity contribution in [1.82, 2.24) is 20.2 Å². The molecule has 2 aliphatic rings. The van der Waals surface area contributed by atoms with Crippen LogP contribution in [0.15, 0.2) is 42.7 Å². The van der Waals surface area contributed by atoms with E-state index in [1.807, 2.05) is 43.5 Å². The molecule has 0 saturated carbocycles. The first-order valence-corrected chi connectivity index (χ1v) is 10.1. The van der Waals surface area contributed by atoms with E-state index in [0.717, 1.165) is 40.8 Å². The second-order valence-electron chi connectivity index (χ2n) is 6.68. The lowest BCUT2D eigenvalue weighted by Gasteiger charge is -2.23. The van der Waals surface area contributed by atoms with Gasteiger partial charge in [-0.05, 0) is 54.8 Å². The molecule has 2 atom stereocenters. The quantitative estimate of drug-likeness (QED) is 0.742. The van der Waals surface area contributed by atoms with Crippen molar-refractivity contribution in [3.63, 3.8) is 0 Å². The smallest absolute Gasteiger partial charge is 0.226 e. The number of hydrogen-bond donors (Lipinski definition) is 2. The van der Waals surface area contributed by atoms with Crippen LogP contribution in [0, 0.1) is 12.8 Å². The zero-order valence-electron chi connectivity index (χ0n) is 14.9. The Hall–Kier alpha value is -2.09. The number of pyridine rings is 2. The first-order chi connectivity index (χ1) is 13.1. The van der Waals surface area contributed by atoms with Crippen LogP contribution < -0.4 is 10.6 Å². The van der Waals surface area contributed by atoms with Crippen molar-refractivity contribution in [2.75, 3.05) is 18.4 Å². The summed E-state index contributed by atoms with van der Waals surface area (Å²) in [4.78, 5) is 23.7. The maximum Gasteiger partial charge on any atom is 0.226 e. The molecule has 2 aliphatic heterocycles. The fourth-order valence-electron chi connectivity index (χ4n) is 3.21. The minimum atomic E-state index is -0.237. The second-order valence-corrected chi connectivity index (χ2v) is 8.18. The lowest BCUT2D eigenvalue weighted by molar-refractivity contribution is -0.114. The van der Waals surface area contributed by atoms with Gasteiger partial charge in [0.05, 0.1) is 10.6 Å². The molecular weight excluding hydrogens is 382 g/mol. The van der Waals surface area contributed by atoms with Gasteiger partial charge in [0.1, 0.15) is 17.1 Å². The third kappa shape index (κ3) is 4.26. The standard InChI is InChI=1S/C19H20ClN5OS/c1-12-5-7-21-17(9-12)24-16-4-2-3-14(23-16)15-10-22-19(27-15)25-8-6-13(11-25)18(20)26/h2-5,7,9-10,13,19,22H,6,8,11H2,1H3,(H,21,23,24). The number of anilines is 2. The largest absolute Gasteiger partial charge is 0.366 e. The molecule has 2 N–H and O–H groups in total. The number of hydrogen-bond acceptors (Lipinski definition) is 7. The predicted molar refractivity (Wildman–Crippen MR) is 110 cm³/mol. The lowest BCUT2D eigenvalue weighted by Crippen LogP contribution is -2.37. The Balaban J connectivity index is 1.42. The van der Waals surface area contributed by atoms with Gasteiger partial charge < -0.3 is 10.6 Å². The van der Waals surface area contributed by atoms with Crippen molar-refractivity contribution in [3.8, 4) is 0 Å². The molecule has 0 radical (unpaired) electrons. The average Bonchev–Trinajstić information content (AvgIpc) is 3.32. The summed E-state index contributed by atoms with van der Waals surface area (Å²) in [7, 11) is 0. The molecule has 2 aromatic heterocycles. The van der Waals surface area contributed by atoms with Crippen LogP contribution in [0.25, 0.3) is 4.91 Å². The first kappa shape index (κ1) is 18.3. The molecule has 4 rings (SSSR count). The number of rotatable bonds is 5. The Labute approximate surface area is 167 Å². The van der Waals surface area contributed by atoms with Crippen molar-refractivity contribution in [3.05, 3.63) is 54.0 Å². The molecule has 0 aromatic carbocycles. The number of aryl methyl sites for hydroxylation is 1. The van der Waals surface area contributed by atoms with Crippen LogP contribution in [0.3, 0.4) is 0 Å². The second kappa shape index (κ2) is 7.88. The van der Waals surface area contributed by atoms with Crippen LogP contribution in [-0.4, -0.2) is 38.7 Å². The van der Waals surface area contributed by atoms with Crippen molar-refractivity contribution >= 4 is 45.1 Å². The number of aromatic nitrogens is 2. The Morgan fingerprint density at radius 3 is 3.04 bits per heavy atom. The third-order valence-corrected chi connectivity index (χ3v) is 6.19. The Kier molecular flexibility index (Phi) is 5.33. The summed E-state index contributed by atoms with van der Waals surface area (Å²) in [5, 5.41) is 6.40. The van der Waals surface area contributed by atoms with Gasteiger partial charge in [0.15, 0.2) is 0 Å². The fraction of sp³-hybridized carbons (Fsp3) is 0.316.